The Morgan fingerprint density at radius 2 is 1.50 bits per heavy atom. The molecule has 0 aliphatic carbocycles. The number of nitriles is 1. The third-order valence-electron chi connectivity index (χ3n) is 1.78. The summed E-state index contributed by atoms with van der Waals surface area (Å²) in [5, 5.41) is 9.96. The molecule has 0 heterocycles. The summed E-state index contributed by atoms with van der Waals surface area (Å²) < 4.78 is 0. The van der Waals surface area contributed by atoms with Crippen LogP contribution in [0.1, 0.15) is 0 Å². The first-order valence-electron chi connectivity index (χ1n) is 3.91. The first-order valence-corrected chi connectivity index (χ1v) is 3.91. The summed E-state index contributed by atoms with van der Waals surface area (Å²) in [4.78, 5) is 0. The molecule has 0 spiro atoms. The van der Waals surface area contributed by atoms with Gasteiger partial charge in [-0.25, -0.2) is 0 Å². The van der Waals surface area contributed by atoms with Gasteiger partial charge in [0, 0.05) is 10.4 Å². The van der Waals surface area contributed by atoms with Crippen molar-refractivity contribution in [2.75, 3.05) is 0 Å². The van der Waals surface area contributed by atoms with Gasteiger partial charge in [0.2, 0.25) is 0 Å². The lowest BCUT2D eigenvalue weighted by Crippen LogP contribution is -2.17. The van der Waals surface area contributed by atoms with Gasteiger partial charge in [-0.3, -0.25) is 0 Å². The molecule has 0 aliphatic heterocycles. The Hall–Kier alpha value is -2.39. The van der Waals surface area contributed by atoms with Gasteiger partial charge in [0.15, 0.2) is 0 Å². The molecule has 14 heavy (non-hydrogen) atoms. The van der Waals surface area contributed by atoms with E-state index in [-0.39, 0.29) is 5.70 Å². The van der Waals surface area contributed by atoms with Crippen molar-refractivity contribution in [3.63, 3.8) is 0 Å². The fraction of sp³-hybridized carbons (Fsp3) is 0. The summed E-state index contributed by atoms with van der Waals surface area (Å²) >= 11 is 0. The van der Waals surface area contributed by atoms with Crippen molar-refractivity contribution in [2.24, 2.45) is 11.5 Å². The smallest absolute Gasteiger partial charge is 0.118 e. The van der Waals surface area contributed by atoms with Crippen LogP contribution in [0.3, 0.4) is 0 Å². The van der Waals surface area contributed by atoms with E-state index in [1.165, 1.54) is 0 Å². The molecule has 3 heteroatoms. The van der Waals surface area contributed by atoms with Crippen molar-refractivity contribution in [3.8, 4) is 18.4 Å². The Kier molecular flexibility index (Phi) is 2.79. The van der Waals surface area contributed by atoms with Crippen LogP contribution >= 0.6 is 0 Å². The second kappa shape index (κ2) is 4.02. The maximum absolute atomic E-state index is 8.54. The lowest BCUT2D eigenvalue weighted by atomic mass is 10.2. The number of terminal acetylenes is 1. The fourth-order valence-corrected chi connectivity index (χ4v) is 0.977. The van der Waals surface area contributed by atoms with Crippen molar-refractivity contribution in [1.29, 1.82) is 5.26 Å². The molecule has 0 aliphatic rings. The largest absolute Gasteiger partial charge is 0.391 e. The maximum atomic E-state index is 8.54. The normalized spacial score (nSPS) is 8.43. The summed E-state index contributed by atoms with van der Waals surface area (Å²) in [5.74, 6) is 2.34. The quantitative estimate of drug-likeness (QED) is 0.505. The van der Waals surface area contributed by atoms with Crippen LogP contribution in [-0.4, -0.2) is 0 Å². The summed E-state index contributed by atoms with van der Waals surface area (Å²) in [6, 6.07) is 8.73. The van der Waals surface area contributed by atoms with Crippen molar-refractivity contribution >= 4 is 11.4 Å². The van der Waals surface area contributed by atoms with Crippen molar-refractivity contribution in [1.82, 2.24) is 0 Å². The van der Waals surface area contributed by atoms with Crippen LogP contribution in [0.5, 0.6) is 0 Å². The number of hydrogen-bond acceptors (Lipinski definition) is 3. The fourth-order valence-electron chi connectivity index (χ4n) is 0.977. The standard InChI is InChI=1S/C11H9N3/c1-2-10(13)8-3-5-9(6-4-8)11(14)7-12/h1,3-6H,13-14H2. The molecule has 0 radical (unpaired) electrons. The summed E-state index contributed by atoms with van der Waals surface area (Å²) in [6.07, 6.45) is 5.13. The number of nitrogens with zero attached hydrogens (tertiary/aromatic N) is 1. The highest BCUT2D eigenvalue weighted by atomic mass is 14.6. The van der Waals surface area contributed by atoms with E-state index in [9.17, 15) is 0 Å². The first-order chi connectivity index (χ1) is 6.69. The highest BCUT2D eigenvalue weighted by Crippen LogP contribution is 1.79. The predicted octanol–water partition coefficient (Wildman–Crippen LogP) is -1.02. The maximum Gasteiger partial charge on any atom is 0.118 e. The van der Waals surface area contributed by atoms with Gasteiger partial charge in [-0.15, -0.1) is 6.42 Å². The SMILES string of the molecule is C#CC(N)=c1ccc(=C(N)C#N)cc1. The van der Waals surface area contributed by atoms with E-state index in [0.29, 0.717) is 10.9 Å². The summed E-state index contributed by atoms with van der Waals surface area (Å²) in [5.41, 5.74) is 11.5. The Morgan fingerprint density at radius 3 is 1.86 bits per heavy atom. The van der Waals surface area contributed by atoms with Crippen molar-refractivity contribution in [2.45, 2.75) is 0 Å². The third kappa shape index (κ3) is 1.85. The molecule has 0 unspecified atom stereocenters. The van der Waals surface area contributed by atoms with Crippen molar-refractivity contribution < 1.29 is 0 Å². The minimum absolute atomic E-state index is 0.177. The molecule has 0 atom stereocenters. The van der Waals surface area contributed by atoms with Crippen LogP contribution in [0.25, 0.3) is 11.4 Å². The van der Waals surface area contributed by atoms with Crippen LogP contribution < -0.4 is 21.9 Å². The molecule has 3 nitrogen and oxygen atoms in total. The van der Waals surface area contributed by atoms with E-state index in [4.69, 9.17) is 23.2 Å². The van der Waals surface area contributed by atoms with Gasteiger partial charge < -0.3 is 11.5 Å². The van der Waals surface area contributed by atoms with Crippen LogP contribution in [0.2, 0.25) is 0 Å². The van der Waals surface area contributed by atoms with Gasteiger partial charge in [-0.05, 0) is 0 Å². The summed E-state index contributed by atoms with van der Waals surface area (Å²) in [6.45, 7) is 0. The Labute approximate surface area is 81.9 Å². The van der Waals surface area contributed by atoms with Gasteiger partial charge in [-0.2, -0.15) is 5.26 Å². The molecule has 1 aromatic rings. The van der Waals surface area contributed by atoms with Gasteiger partial charge >= 0.3 is 0 Å². The number of nitrogens with two attached hydrogens (primary N) is 2. The summed E-state index contributed by atoms with van der Waals surface area (Å²) in [7, 11) is 0. The predicted molar refractivity (Wildman–Crippen MR) is 55.3 cm³/mol. The van der Waals surface area contributed by atoms with E-state index in [1.54, 1.807) is 24.3 Å². The molecule has 0 fully saturated rings. The van der Waals surface area contributed by atoms with E-state index in [1.807, 2.05) is 6.07 Å². The lowest BCUT2D eigenvalue weighted by molar-refractivity contribution is 1.43. The van der Waals surface area contributed by atoms with Crippen molar-refractivity contribution in [3.05, 3.63) is 34.7 Å². The molecule has 0 saturated carbocycles. The zero-order chi connectivity index (χ0) is 10.6. The molecule has 68 valence electrons. The molecule has 1 aromatic carbocycles. The molecular weight excluding hydrogens is 174 g/mol. The van der Waals surface area contributed by atoms with Gasteiger partial charge in [-0.1, -0.05) is 30.2 Å². The Bertz CT molecular complexity index is 467. The molecule has 4 N–H and O–H groups in total. The third-order valence-corrected chi connectivity index (χ3v) is 1.78. The zero-order valence-corrected chi connectivity index (χ0v) is 7.49. The first kappa shape index (κ1) is 9.70. The molecule has 0 amide bonds. The average Bonchev–Trinajstić information content (AvgIpc) is 2.27. The molecule has 0 aromatic heterocycles. The van der Waals surface area contributed by atoms with E-state index in [0.717, 1.165) is 5.22 Å². The minimum Gasteiger partial charge on any atom is -0.391 e. The lowest BCUT2D eigenvalue weighted by Gasteiger charge is -1.91. The van der Waals surface area contributed by atoms with Gasteiger partial charge in [0.05, 0.1) is 5.70 Å². The number of benzene rings is 1. The Balaban J connectivity index is 3.45. The van der Waals surface area contributed by atoms with Crippen LogP contribution in [0.4, 0.5) is 0 Å². The number of rotatable bonds is 0. The Morgan fingerprint density at radius 1 is 1.07 bits per heavy atom. The van der Waals surface area contributed by atoms with E-state index >= 15 is 0 Å². The second-order valence-electron chi connectivity index (χ2n) is 2.66. The monoisotopic (exact) mass is 183 g/mol. The minimum atomic E-state index is 0.177. The zero-order valence-electron chi connectivity index (χ0n) is 7.49. The molecule has 1 rings (SSSR count). The van der Waals surface area contributed by atoms with Gasteiger partial charge in [0.25, 0.3) is 0 Å². The molecule has 0 bridgehead atoms. The van der Waals surface area contributed by atoms with E-state index in [2.05, 4.69) is 5.92 Å². The van der Waals surface area contributed by atoms with Crippen LogP contribution in [-0.2, 0) is 0 Å². The topological polar surface area (TPSA) is 75.8 Å². The molecular formula is C11H9N3. The van der Waals surface area contributed by atoms with Gasteiger partial charge in [0.1, 0.15) is 11.8 Å². The highest BCUT2D eigenvalue weighted by molar-refractivity contribution is 5.59. The van der Waals surface area contributed by atoms with Crippen LogP contribution in [0.15, 0.2) is 24.3 Å². The molecule has 0 saturated heterocycles. The highest BCUT2D eigenvalue weighted by Gasteiger charge is 1.89. The second-order valence-corrected chi connectivity index (χ2v) is 2.66. The van der Waals surface area contributed by atoms with E-state index < -0.39 is 0 Å². The number of hydrogen-bond donors (Lipinski definition) is 2. The van der Waals surface area contributed by atoms with Crippen LogP contribution in [0, 0.1) is 23.7 Å². The average molecular weight is 183 g/mol.